The van der Waals surface area contributed by atoms with E-state index in [1.807, 2.05) is 37.3 Å². The van der Waals surface area contributed by atoms with Gasteiger partial charge in [0.1, 0.15) is 0 Å². The number of hydrogen-bond acceptors (Lipinski definition) is 5. The highest BCUT2D eigenvalue weighted by atomic mass is 16.5. The largest absolute Gasteiger partial charge is 0.490 e. The molecule has 1 amide bonds. The Kier molecular flexibility index (Phi) is 7.04. The van der Waals surface area contributed by atoms with E-state index < -0.39 is 0 Å². The molecule has 1 aromatic heterocycles. The number of nitrogens with one attached hydrogen (secondary N) is 1. The van der Waals surface area contributed by atoms with Gasteiger partial charge in [0.25, 0.3) is 0 Å². The standard InChI is InChI=1S/C18H23N3O3/c1-2-12-23-15-7-3-4-8-16(15)24-18-14(6-5-11-20-18)13-21-17(22)9-10-19/h3-8,11H,2,9-10,12-13,19H2,1H3,(H,21,22). The fourth-order valence-electron chi connectivity index (χ4n) is 2.03. The second-order valence-electron chi connectivity index (χ2n) is 5.18. The van der Waals surface area contributed by atoms with E-state index in [-0.39, 0.29) is 5.91 Å². The predicted octanol–water partition coefficient (Wildman–Crippen LogP) is 2.63. The molecule has 0 radical (unpaired) electrons. The lowest BCUT2D eigenvalue weighted by Crippen LogP contribution is -2.25. The van der Waals surface area contributed by atoms with Crippen molar-refractivity contribution in [2.24, 2.45) is 5.73 Å². The summed E-state index contributed by atoms with van der Waals surface area (Å²) in [6.45, 7) is 3.32. The van der Waals surface area contributed by atoms with E-state index in [1.165, 1.54) is 0 Å². The maximum atomic E-state index is 11.6. The van der Waals surface area contributed by atoms with Crippen LogP contribution < -0.4 is 20.5 Å². The minimum absolute atomic E-state index is 0.0982. The molecule has 24 heavy (non-hydrogen) atoms. The zero-order valence-electron chi connectivity index (χ0n) is 13.8. The molecule has 2 aromatic rings. The minimum atomic E-state index is -0.0982. The Morgan fingerprint density at radius 3 is 2.75 bits per heavy atom. The molecule has 0 unspecified atom stereocenters. The van der Waals surface area contributed by atoms with Gasteiger partial charge in [0.2, 0.25) is 11.8 Å². The highest BCUT2D eigenvalue weighted by Crippen LogP contribution is 2.31. The Bertz CT molecular complexity index is 661. The number of carbonyl (C=O) groups excluding carboxylic acids is 1. The number of para-hydroxylation sites is 2. The molecule has 0 aliphatic carbocycles. The second-order valence-corrected chi connectivity index (χ2v) is 5.18. The van der Waals surface area contributed by atoms with Crippen LogP contribution in [0.5, 0.6) is 17.4 Å². The first-order valence-corrected chi connectivity index (χ1v) is 8.05. The Morgan fingerprint density at radius 2 is 2.00 bits per heavy atom. The second kappa shape index (κ2) is 9.52. The van der Waals surface area contributed by atoms with Crippen molar-refractivity contribution in [2.45, 2.75) is 26.3 Å². The third-order valence-corrected chi connectivity index (χ3v) is 3.21. The molecule has 0 aliphatic rings. The summed E-state index contributed by atoms with van der Waals surface area (Å²) in [5, 5.41) is 2.80. The van der Waals surface area contributed by atoms with Crippen molar-refractivity contribution in [2.75, 3.05) is 13.2 Å². The molecule has 0 saturated heterocycles. The highest BCUT2D eigenvalue weighted by molar-refractivity contribution is 5.76. The molecule has 0 spiro atoms. The zero-order valence-corrected chi connectivity index (χ0v) is 13.8. The zero-order chi connectivity index (χ0) is 17.2. The van der Waals surface area contributed by atoms with Gasteiger partial charge in [-0.15, -0.1) is 0 Å². The summed E-state index contributed by atoms with van der Waals surface area (Å²) in [7, 11) is 0. The Balaban J connectivity index is 2.11. The van der Waals surface area contributed by atoms with Crippen LogP contribution in [0, 0.1) is 0 Å². The third-order valence-electron chi connectivity index (χ3n) is 3.21. The summed E-state index contributed by atoms with van der Waals surface area (Å²) < 4.78 is 11.6. The Labute approximate surface area is 142 Å². The quantitative estimate of drug-likeness (QED) is 0.738. The normalized spacial score (nSPS) is 10.2. The Morgan fingerprint density at radius 1 is 1.21 bits per heavy atom. The van der Waals surface area contributed by atoms with E-state index in [4.69, 9.17) is 15.2 Å². The molecule has 0 aliphatic heterocycles. The van der Waals surface area contributed by atoms with Gasteiger partial charge >= 0.3 is 0 Å². The minimum Gasteiger partial charge on any atom is -0.490 e. The number of pyridine rings is 1. The molecule has 6 heteroatoms. The maximum Gasteiger partial charge on any atom is 0.224 e. The van der Waals surface area contributed by atoms with Crippen LogP contribution in [0.25, 0.3) is 0 Å². The molecule has 3 N–H and O–H groups in total. The van der Waals surface area contributed by atoms with Crippen LogP contribution >= 0.6 is 0 Å². The van der Waals surface area contributed by atoms with Gasteiger partial charge in [-0.3, -0.25) is 4.79 Å². The molecule has 1 heterocycles. The van der Waals surface area contributed by atoms with Crippen molar-refractivity contribution < 1.29 is 14.3 Å². The smallest absolute Gasteiger partial charge is 0.224 e. The number of rotatable bonds is 9. The van der Waals surface area contributed by atoms with Gasteiger partial charge < -0.3 is 20.5 Å². The predicted molar refractivity (Wildman–Crippen MR) is 92.1 cm³/mol. The van der Waals surface area contributed by atoms with Crippen molar-refractivity contribution >= 4 is 5.91 Å². The Hall–Kier alpha value is -2.60. The first-order valence-electron chi connectivity index (χ1n) is 8.05. The summed E-state index contributed by atoms with van der Waals surface area (Å²) in [4.78, 5) is 15.9. The lowest BCUT2D eigenvalue weighted by molar-refractivity contribution is -0.121. The molecule has 0 fully saturated rings. The van der Waals surface area contributed by atoms with Crippen molar-refractivity contribution in [3.05, 3.63) is 48.2 Å². The van der Waals surface area contributed by atoms with E-state index in [0.717, 1.165) is 12.0 Å². The molecule has 0 saturated carbocycles. The molecule has 2 rings (SSSR count). The lowest BCUT2D eigenvalue weighted by atomic mass is 10.2. The number of amides is 1. The summed E-state index contributed by atoms with van der Waals surface area (Å²) in [5.74, 6) is 1.61. The van der Waals surface area contributed by atoms with E-state index in [0.29, 0.717) is 43.5 Å². The number of aromatic nitrogens is 1. The third kappa shape index (κ3) is 5.24. The highest BCUT2D eigenvalue weighted by Gasteiger charge is 2.11. The molecule has 0 atom stereocenters. The van der Waals surface area contributed by atoms with Gasteiger partial charge in [0.15, 0.2) is 11.5 Å². The number of carbonyl (C=O) groups is 1. The topological polar surface area (TPSA) is 86.5 Å². The number of hydrogen-bond donors (Lipinski definition) is 2. The molecule has 0 bridgehead atoms. The molecular formula is C18H23N3O3. The fourth-order valence-corrected chi connectivity index (χ4v) is 2.03. The number of ether oxygens (including phenoxy) is 2. The lowest BCUT2D eigenvalue weighted by Gasteiger charge is -2.14. The molecular weight excluding hydrogens is 306 g/mol. The van der Waals surface area contributed by atoms with Gasteiger partial charge in [-0.1, -0.05) is 25.1 Å². The monoisotopic (exact) mass is 329 g/mol. The molecule has 6 nitrogen and oxygen atoms in total. The van der Waals surface area contributed by atoms with Crippen LogP contribution in [-0.2, 0) is 11.3 Å². The maximum absolute atomic E-state index is 11.6. The van der Waals surface area contributed by atoms with E-state index >= 15 is 0 Å². The summed E-state index contributed by atoms with van der Waals surface area (Å²) in [5.41, 5.74) is 6.16. The van der Waals surface area contributed by atoms with Gasteiger partial charge in [0.05, 0.1) is 6.61 Å². The van der Waals surface area contributed by atoms with Crippen LogP contribution in [0.4, 0.5) is 0 Å². The van der Waals surface area contributed by atoms with Crippen LogP contribution in [0.15, 0.2) is 42.6 Å². The SMILES string of the molecule is CCCOc1ccccc1Oc1ncccc1CNC(=O)CCN. The van der Waals surface area contributed by atoms with Crippen LogP contribution in [0.3, 0.4) is 0 Å². The fraction of sp³-hybridized carbons (Fsp3) is 0.333. The number of nitrogens with zero attached hydrogens (tertiary/aromatic N) is 1. The van der Waals surface area contributed by atoms with Gasteiger partial charge in [0, 0.05) is 31.3 Å². The van der Waals surface area contributed by atoms with E-state index in [1.54, 1.807) is 12.3 Å². The van der Waals surface area contributed by atoms with E-state index in [2.05, 4.69) is 10.3 Å². The van der Waals surface area contributed by atoms with Crippen molar-refractivity contribution in [3.63, 3.8) is 0 Å². The average molecular weight is 329 g/mol. The van der Waals surface area contributed by atoms with Crippen molar-refractivity contribution in [1.82, 2.24) is 10.3 Å². The van der Waals surface area contributed by atoms with Crippen LogP contribution in [0.1, 0.15) is 25.3 Å². The van der Waals surface area contributed by atoms with Crippen LogP contribution in [0.2, 0.25) is 0 Å². The summed E-state index contributed by atoms with van der Waals surface area (Å²) >= 11 is 0. The number of benzene rings is 1. The molecule has 128 valence electrons. The van der Waals surface area contributed by atoms with Crippen molar-refractivity contribution in [1.29, 1.82) is 0 Å². The van der Waals surface area contributed by atoms with Gasteiger partial charge in [-0.25, -0.2) is 4.98 Å². The molecule has 1 aromatic carbocycles. The average Bonchev–Trinajstić information content (AvgIpc) is 2.60. The van der Waals surface area contributed by atoms with Gasteiger partial charge in [-0.05, 0) is 24.6 Å². The summed E-state index contributed by atoms with van der Waals surface area (Å²) in [6.07, 6.45) is 2.86. The number of nitrogens with two attached hydrogens (primary N) is 1. The van der Waals surface area contributed by atoms with Crippen LogP contribution in [-0.4, -0.2) is 24.0 Å². The first-order chi connectivity index (χ1) is 11.7. The van der Waals surface area contributed by atoms with Gasteiger partial charge in [-0.2, -0.15) is 0 Å². The first kappa shape index (κ1) is 17.7. The van der Waals surface area contributed by atoms with E-state index in [9.17, 15) is 4.79 Å². The van der Waals surface area contributed by atoms with Crippen molar-refractivity contribution in [3.8, 4) is 17.4 Å². The summed E-state index contributed by atoms with van der Waals surface area (Å²) in [6, 6.07) is 11.1.